The minimum atomic E-state index is -0.768. The van der Waals surface area contributed by atoms with E-state index in [0.717, 1.165) is 0 Å². The smallest absolute Gasteiger partial charge is 0.258 e. The highest BCUT2D eigenvalue weighted by atomic mass is 35.5. The van der Waals surface area contributed by atoms with Gasteiger partial charge in [-0.25, -0.2) is 4.98 Å². The zero-order chi connectivity index (χ0) is 15.9. The Morgan fingerprint density at radius 3 is 2.86 bits per heavy atom. The first-order valence-corrected chi connectivity index (χ1v) is 6.88. The van der Waals surface area contributed by atoms with Gasteiger partial charge in [0.05, 0.1) is 17.8 Å². The molecule has 1 aromatic carbocycles. The molecule has 8 heteroatoms. The number of halogens is 2. The Labute approximate surface area is 134 Å². The zero-order valence-electron chi connectivity index (χ0n) is 10.9. The summed E-state index contributed by atoms with van der Waals surface area (Å²) in [6, 6.07) is 6.76. The van der Waals surface area contributed by atoms with Crippen LogP contribution in [0.25, 0.3) is 0 Å². The molecular formula is C14H8Cl2N4O2. The Morgan fingerprint density at radius 1 is 1.41 bits per heavy atom. The summed E-state index contributed by atoms with van der Waals surface area (Å²) < 4.78 is 5.27. The first-order chi connectivity index (χ1) is 10.5. The van der Waals surface area contributed by atoms with Gasteiger partial charge in [0.2, 0.25) is 11.8 Å². The molecule has 0 amide bonds. The van der Waals surface area contributed by atoms with Crippen LogP contribution in [0, 0.1) is 11.3 Å². The number of rotatable bonds is 1. The third-order valence-electron chi connectivity index (χ3n) is 3.30. The van der Waals surface area contributed by atoms with Gasteiger partial charge in [0, 0.05) is 10.0 Å². The van der Waals surface area contributed by atoms with Gasteiger partial charge in [0.25, 0.3) is 5.56 Å². The van der Waals surface area contributed by atoms with Crippen LogP contribution < -0.4 is 16.0 Å². The number of nitrogens with one attached hydrogen (secondary N) is 1. The van der Waals surface area contributed by atoms with Crippen LogP contribution in [0.1, 0.15) is 17.0 Å². The van der Waals surface area contributed by atoms with Gasteiger partial charge in [-0.05, 0) is 17.7 Å². The fourth-order valence-corrected chi connectivity index (χ4v) is 2.86. The Bertz CT molecular complexity index is 898. The summed E-state index contributed by atoms with van der Waals surface area (Å²) in [6.45, 7) is 0. The van der Waals surface area contributed by atoms with Crippen LogP contribution in [-0.4, -0.2) is 9.97 Å². The molecule has 0 fully saturated rings. The number of fused-ring (bicyclic) bond motifs is 1. The second-order valence-corrected chi connectivity index (χ2v) is 5.38. The molecule has 1 aliphatic heterocycles. The monoisotopic (exact) mass is 334 g/mol. The van der Waals surface area contributed by atoms with Gasteiger partial charge >= 0.3 is 0 Å². The van der Waals surface area contributed by atoms with Crippen LogP contribution in [0.5, 0.6) is 5.88 Å². The van der Waals surface area contributed by atoms with Gasteiger partial charge in [-0.2, -0.15) is 5.26 Å². The average Bonchev–Trinajstić information content (AvgIpc) is 2.46. The lowest BCUT2D eigenvalue weighted by Gasteiger charge is -2.24. The molecule has 1 atom stereocenters. The lowest BCUT2D eigenvalue weighted by molar-refractivity contribution is 0.375. The molecule has 3 N–H and O–H groups in total. The van der Waals surface area contributed by atoms with Crippen molar-refractivity contribution in [3.63, 3.8) is 0 Å². The maximum atomic E-state index is 12.2. The van der Waals surface area contributed by atoms with Gasteiger partial charge in [0.15, 0.2) is 0 Å². The largest absolute Gasteiger partial charge is 0.422 e. The number of H-pyrrole nitrogens is 1. The second-order valence-electron chi connectivity index (χ2n) is 4.54. The van der Waals surface area contributed by atoms with Crippen molar-refractivity contribution in [2.75, 3.05) is 0 Å². The fourth-order valence-electron chi connectivity index (χ4n) is 2.34. The number of hydrogen-bond donors (Lipinski definition) is 2. The van der Waals surface area contributed by atoms with Gasteiger partial charge in [0.1, 0.15) is 11.6 Å². The molecule has 22 heavy (non-hydrogen) atoms. The van der Waals surface area contributed by atoms with Crippen LogP contribution >= 0.6 is 23.2 Å². The third kappa shape index (κ3) is 2.21. The predicted octanol–water partition coefficient (Wildman–Crippen LogP) is 2.29. The number of benzene rings is 1. The minimum Gasteiger partial charge on any atom is -0.422 e. The summed E-state index contributed by atoms with van der Waals surface area (Å²) in [7, 11) is 0. The summed E-state index contributed by atoms with van der Waals surface area (Å²) in [5, 5.41) is 10.1. The van der Waals surface area contributed by atoms with E-state index in [4.69, 9.17) is 33.7 Å². The number of aromatic amines is 1. The molecule has 2 heterocycles. The number of aromatic nitrogens is 2. The zero-order valence-corrected chi connectivity index (χ0v) is 12.4. The summed E-state index contributed by atoms with van der Waals surface area (Å²) >= 11 is 12.1. The van der Waals surface area contributed by atoms with E-state index in [9.17, 15) is 10.1 Å². The molecular weight excluding hydrogens is 327 g/mol. The van der Waals surface area contributed by atoms with Gasteiger partial charge < -0.3 is 15.5 Å². The van der Waals surface area contributed by atoms with E-state index in [0.29, 0.717) is 15.6 Å². The van der Waals surface area contributed by atoms with E-state index in [1.165, 1.54) is 12.4 Å². The number of nitrogens with zero attached hydrogens (tertiary/aromatic N) is 2. The van der Waals surface area contributed by atoms with Crippen molar-refractivity contribution in [2.45, 2.75) is 5.92 Å². The van der Waals surface area contributed by atoms with Crippen molar-refractivity contribution in [1.82, 2.24) is 9.97 Å². The van der Waals surface area contributed by atoms with E-state index >= 15 is 0 Å². The average molecular weight is 335 g/mol. The molecule has 2 aromatic rings. The Balaban J connectivity index is 2.33. The number of ether oxygens (including phenoxy) is 1. The quantitative estimate of drug-likeness (QED) is 0.832. The standard InChI is InChI=1S/C14H8Cl2N4O2/c15-6-1-2-7(9(16)3-6)10-8(4-17)12(18)22-14-11(10)13(21)19-5-20-14/h1-3,5,10H,18H2,(H,19,20,21)/t10-/m0/s1. The van der Waals surface area contributed by atoms with Gasteiger partial charge in [-0.1, -0.05) is 29.3 Å². The van der Waals surface area contributed by atoms with Crippen molar-refractivity contribution in [3.8, 4) is 11.9 Å². The van der Waals surface area contributed by atoms with E-state index in [1.54, 1.807) is 12.1 Å². The van der Waals surface area contributed by atoms with Crippen molar-refractivity contribution in [2.24, 2.45) is 5.73 Å². The van der Waals surface area contributed by atoms with E-state index in [-0.39, 0.29) is 22.9 Å². The molecule has 0 saturated carbocycles. The van der Waals surface area contributed by atoms with Crippen LogP contribution in [0.4, 0.5) is 0 Å². The molecule has 0 bridgehead atoms. The highest BCUT2D eigenvalue weighted by Crippen LogP contribution is 2.41. The summed E-state index contributed by atoms with van der Waals surface area (Å²) in [5.41, 5.74) is 6.14. The second kappa shape index (κ2) is 5.37. The molecule has 1 aromatic heterocycles. The van der Waals surface area contributed by atoms with Crippen molar-refractivity contribution >= 4 is 23.2 Å². The molecule has 6 nitrogen and oxygen atoms in total. The molecule has 1 aliphatic rings. The molecule has 0 radical (unpaired) electrons. The Morgan fingerprint density at radius 2 is 2.18 bits per heavy atom. The Hall–Kier alpha value is -2.49. The first kappa shape index (κ1) is 14.4. The molecule has 3 rings (SSSR count). The first-order valence-electron chi connectivity index (χ1n) is 6.13. The normalized spacial score (nSPS) is 16.7. The highest BCUT2D eigenvalue weighted by Gasteiger charge is 2.35. The lowest BCUT2D eigenvalue weighted by Crippen LogP contribution is -2.28. The third-order valence-corrected chi connectivity index (χ3v) is 3.86. The maximum Gasteiger partial charge on any atom is 0.258 e. The summed E-state index contributed by atoms with van der Waals surface area (Å²) in [5.74, 6) is -0.823. The lowest BCUT2D eigenvalue weighted by atomic mass is 9.85. The van der Waals surface area contributed by atoms with Gasteiger partial charge in [-0.3, -0.25) is 4.79 Å². The summed E-state index contributed by atoms with van der Waals surface area (Å²) in [4.78, 5) is 18.6. The van der Waals surface area contributed by atoms with E-state index < -0.39 is 11.5 Å². The van der Waals surface area contributed by atoms with Crippen LogP contribution in [0.15, 0.2) is 40.8 Å². The van der Waals surface area contributed by atoms with Crippen LogP contribution in [-0.2, 0) is 0 Å². The molecule has 0 unspecified atom stereocenters. The molecule has 110 valence electrons. The van der Waals surface area contributed by atoms with Crippen molar-refractivity contribution in [1.29, 1.82) is 5.26 Å². The number of hydrogen-bond acceptors (Lipinski definition) is 5. The van der Waals surface area contributed by atoms with E-state index in [1.807, 2.05) is 6.07 Å². The molecule has 0 aliphatic carbocycles. The van der Waals surface area contributed by atoms with Gasteiger partial charge in [-0.15, -0.1) is 0 Å². The number of nitriles is 1. The highest BCUT2D eigenvalue weighted by molar-refractivity contribution is 6.35. The SMILES string of the molecule is N#CC1=C(N)Oc2nc[nH]c(=O)c2[C@H]1c1ccc(Cl)cc1Cl. The minimum absolute atomic E-state index is 0.0521. The number of allylic oxidation sites excluding steroid dienone is 1. The van der Waals surface area contributed by atoms with Crippen molar-refractivity contribution < 1.29 is 4.74 Å². The van der Waals surface area contributed by atoms with Crippen LogP contribution in [0.3, 0.4) is 0 Å². The Kier molecular flexibility index (Phi) is 3.53. The fraction of sp³-hybridized carbons (Fsp3) is 0.0714. The molecule has 0 spiro atoms. The van der Waals surface area contributed by atoms with Crippen LogP contribution in [0.2, 0.25) is 10.0 Å². The number of nitrogens with two attached hydrogens (primary N) is 1. The van der Waals surface area contributed by atoms with Crippen molar-refractivity contribution in [3.05, 3.63) is 67.5 Å². The predicted molar refractivity (Wildman–Crippen MR) is 80.6 cm³/mol. The topological polar surface area (TPSA) is 105 Å². The maximum absolute atomic E-state index is 12.2. The van der Waals surface area contributed by atoms with E-state index in [2.05, 4.69) is 9.97 Å². The summed E-state index contributed by atoms with van der Waals surface area (Å²) in [6.07, 6.45) is 1.20. The molecule has 0 saturated heterocycles.